The van der Waals surface area contributed by atoms with Gasteiger partial charge in [0.25, 0.3) is 7.82 Å². The van der Waals surface area contributed by atoms with E-state index in [9.17, 15) is 19.4 Å². The molecule has 358 valence electrons. The number of aliphatic hydroxyl groups is 1. The Morgan fingerprint density at radius 2 is 0.984 bits per heavy atom. The van der Waals surface area contributed by atoms with Crippen LogP contribution in [-0.4, -0.2) is 68.5 Å². The largest absolute Gasteiger partial charge is 0.756 e. The predicted molar refractivity (Wildman–Crippen MR) is 265 cm³/mol. The summed E-state index contributed by atoms with van der Waals surface area (Å²) in [6, 6.07) is -0.801. The first-order valence-corrected chi connectivity index (χ1v) is 26.4. The zero-order valence-electron chi connectivity index (χ0n) is 40.5. The SMILES string of the molecule is CC/C=C\C/C=C\C/C=C\C/C=C\C/C=C\C/C=C\C/C=C\CCCCCCCCCCCCCCCC(=O)NC(COP(=O)([O-])OCC[N+](C)(C)C)C(O)CCCCCCC. The Kier molecular flexibility index (Phi) is 42.3. The van der Waals surface area contributed by atoms with Crippen LogP contribution in [0, 0.1) is 0 Å². The number of phosphoric ester groups is 1. The molecule has 8 nitrogen and oxygen atoms in total. The van der Waals surface area contributed by atoms with Crippen molar-refractivity contribution in [2.24, 2.45) is 0 Å². The third-order valence-electron chi connectivity index (χ3n) is 10.6. The minimum absolute atomic E-state index is 0.00801. The number of phosphoric acid groups is 1. The molecular formula is C53H95N2O6P. The van der Waals surface area contributed by atoms with Crippen LogP contribution in [0.15, 0.2) is 85.1 Å². The molecule has 3 unspecified atom stereocenters. The number of hydrogen-bond acceptors (Lipinski definition) is 6. The van der Waals surface area contributed by atoms with Gasteiger partial charge >= 0.3 is 0 Å². The van der Waals surface area contributed by atoms with E-state index in [-0.39, 0.29) is 19.1 Å². The first-order valence-electron chi connectivity index (χ1n) is 24.9. The first kappa shape index (κ1) is 59.7. The molecule has 0 aliphatic rings. The summed E-state index contributed by atoms with van der Waals surface area (Å²) in [5.74, 6) is -0.177. The number of nitrogens with one attached hydrogen (secondary N) is 1. The fourth-order valence-corrected chi connectivity index (χ4v) is 7.45. The van der Waals surface area contributed by atoms with Crippen molar-refractivity contribution in [3.63, 3.8) is 0 Å². The van der Waals surface area contributed by atoms with Gasteiger partial charge in [-0.05, 0) is 70.6 Å². The Morgan fingerprint density at radius 3 is 1.44 bits per heavy atom. The second kappa shape index (κ2) is 43.9. The van der Waals surface area contributed by atoms with Gasteiger partial charge in [0, 0.05) is 6.42 Å². The van der Waals surface area contributed by atoms with E-state index < -0.39 is 20.0 Å². The first-order chi connectivity index (χ1) is 30.0. The number of allylic oxidation sites excluding steroid dienone is 14. The molecule has 0 bridgehead atoms. The topological polar surface area (TPSA) is 108 Å². The molecule has 2 N–H and O–H groups in total. The number of aliphatic hydroxyl groups excluding tert-OH is 1. The van der Waals surface area contributed by atoms with Gasteiger partial charge in [-0.1, -0.05) is 202 Å². The highest BCUT2D eigenvalue weighted by Crippen LogP contribution is 2.38. The Labute approximate surface area is 382 Å². The number of unbranched alkanes of at least 4 members (excludes halogenated alkanes) is 17. The van der Waals surface area contributed by atoms with Crippen molar-refractivity contribution in [1.29, 1.82) is 0 Å². The van der Waals surface area contributed by atoms with E-state index in [4.69, 9.17) is 9.05 Å². The minimum Gasteiger partial charge on any atom is -0.756 e. The molecule has 0 saturated carbocycles. The zero-order chi connectivity index (χ0) is 45.7. The summed E-state index contributed by atoms with van der Waals surface area (Å²) in [6.45, 7) is 4.49. The molecule has 3 atom stereocenters. The Hall–Kier alpha value is -2.32. The number of rotatable bonds is 44. The van der Waals surface area contributed by atoms with Gasteiger partial charge in [0.1, 0.15) is 13.2 Å². The Morgan fingerprint density at radius 1 is 0.581 bits per heavy atom. The van der Waals surface area contributed by atoms with Crippen LogP contribution in [0.5, 0.6) is 0 Å². The Balaban J connectivity index is 3.89. The molecule has 1 amide bonds. The molecule has 0 radical (unpaired) electrons. The van der Waals surface area contributed by atoms with Gasteiger partial charge in [-0.2, -0.15) is 0 Å². The number of likely N-dealkylation sites (N-methyl/N-ethyl adjacent to an activating group) is 1. The third-order valence-corrected chi connectivity index (χ3v) is 11.6. The average molecular weight is 887 g/mol. The fourth-order valence-electron chi connectivity index (χ4n) is 6.72. The molecule has 9 heteroatoms. The quantitative estimate of drug-likeness (QED) is 0.0273. The van der Waals surface area contributed by atoms with Crippen LogP contribution in [0.25, 0.3) is 0 Å². The number of nitrogens with zero attached hydrogens (tertiary/aromatic N) is 1. The standard InChI is InChI=1S/C53H95N2O6P/c1-6-8-10-12-13-14-15-16-17-18-19-20-21-22-23-24-25-26-27-28-29-30-31-32-33-34-35-36-37-38-39-40-41-43-45-47-53(57)54-51(52(56)46-44-42-11-9-7-2)50-61-62(58,59)60-49-48-55(3,4)5/h8,10,13-14,16-17,19-20,22-23,25-26,28-29,51-52,56H,6-7,9,11-12,15,18,21,24,27,30-50H2,1-5H3,(H-,54,57,58,59)/b10-8-,14-13-,17-16-,20-19-,23-22-,26-25-,29-28-. The van der Waals surface area contributed by atoms with Crippen molar-refractivity contribution in [1.82, 2.24) is 5.32 Å². The van der Waals surface area contributed by atoms with Crippen LogP contribution in [0.4, 0.5) is 0 Å². The highest BCUT2D eigenvalue weighted by atomic mass is 31.2. The van der Waals surface area contributed by atoms with Crippen LogP contribution in [0.3, 0.4) is 0 Å². The van der Waals surface area contributed by atoms with Gasteiger partial charge in [0.2, 0.25) is 5.91 Å². The maximum Gasteiger partial charge on any atom is 0.268 e. The van der Waals surface area contributed by atoms with Crippen LogP contribution in [-0.2, 0) is 18.4 Å². The van der Waals surface area contributed by atoms with Gasteiger partial charge < -0.3 is 28.8 Å². The predicted octanol–water partition coefficient (Wildman–Crippen LogP) is 13.9. The van der Waals surface area contributed by atoms with Gasteiger partial charge in [-0.3, -0.25) is 9.36 Å². The number of amides is 1. The second-order valence-corrected chi connectivity index (χ2v) is 19.2. The second-order valence-electron chi connectivity index (χ2n) is 17.8. The molecule has 62 heavy (non-hydrogen) atoms. The van der Waals surface area contributed by atoms with Crippen LogP contribution < -0.4 is 10.2 Å². The molecule has 0 spiro atoms. The molecule has 0 aliphatic carbocycles. The van der Waals surface area contributed by atoms with Gasteiger partial charge in [-0.25, -0.2) is 0 Å². The average Bonchev–Trinajstić information content (AvgIpc) is 3.23. The molecule has 0 heterocycles. The number of hydrogen-bond donors (Lipinski definition) is 2. The highest BCUT2D eigenvalue weighted by molar-refractivity contribution is 7.45. The van der Waals surface area contributed by atoms with Crippen LogP contribution in [0.2, 0.25) is 0 Å². The monoisotopic (exact) mass is 887 g/mol. The molecule has 0 aliphatic heterocycles. The summed E-state index contributed by atoms with van der Waals surface area (Å²) in [6.07, 6.45) is 60.9. The smallest absolute Gasteiger partial charge is 0.268 e. The normalized spacial score (nSPS) is 14.9. The van der Waals surface area contributed by atoms with Crippen molar-refractivity contribution >= 4 is 13.7 Å². The molecule has 0 saturated heterocycles. The lowest BCUT2D eigenvalue weighted by Crippen LogP contribution is -2.46. The summed E-state index contributed by atoms with van der Waals surface area (Å²) in [7, 11) is 1.29. The van der Waals surface area contributed by atoms with Crippen molar-refractivity contribution < 1.29 is 32.9 Å². The maximum absolute atomic E-state index is 12.8. The lowest BCUT2D eigenvalue weighted by atomic mass is 10.0. The third kappa shape index (κ3) is 45.7. The van der Waals surface area contributed by atoms with E-state index in [1.54, 1.807) is 0 Å². The molecule has 0 aromatic heterocycles. The van der Waals surface area contributed by atoms with E-state index in [0.29, 0.717) is 23.9 Å². The Bertz CT molecular complexity index is 1280. The summed E-state index contributed by atoms with van der Waals surface area (Å²) >= 11 is 0. The van der Waals surface area contributed by atoms with E-state index in [1.165, 1.54) is 70.6 Å². The van der Waals surface area contributed by atoms with Crippen molar-refractivity contribution in [2.45, 2.75) is 206 Å². The molecule has 0 fully saturated rings. The van der Waals surface area contributed by atoms with Crippen molar-refractivity contribution in [2.75, 3.05) is 40.9 Å². The lowest BCUT2D eigenvalue weighted by Gasteiger charge is -2.30. The molecule has 0 rings (SSSR count). The minimum atomic E-state index is -4.55. The zero-order valence-corrected chi connectivity index (χ0v) is 41.4. The lowest BCUT2D eigenvalue weighted by molar-refractivity contribution is -0.870. The number of quaternary nitrogens is 1. The van der Waals surface area contributed by atoms with Gasteiger partial charge in [0.05, 0.1) is 39.9 Å². The van der Waals surface area contributed by atoms with E-state index in [1.807, 2.05) is 21.1 Å². The van der Waals surface area contributed by atoms with E-state index >= 15 is 0 Å². The van der Waals surface area contributed by atoms with Gasteiger partial charge in [0.15, 0.2) is 0 Å². The van der Waals surface area contributed by atoms with E-state index in [2.05, 4.69) is 104 Å². The highest BCUT2D eigenvalue weighted by Gasteiger charge is 2.24. The maximum atomic E-state index is 12.8. The summed E-state index contributed by atoms with van der Waals surface area (Å²) in [4.78, 5) is 25.2. The van der Waals surface area contributed by atoms with Crippen molar-refractivity contribution in [3.05, 3.63) is 85.1 Å². The number of carbonyl (C=O) groups excluding carboxylic acids is 1. The molecule has 0 aromatic carbocycles. The number of carbonyl (C=O) groups is 1. The molecular weight excluding hydrogens is 792 g/mol. The van der Waals surface area contributed by atoms with Crippen LogP contribution >= 0.6 is 7.82 Å². The van der Waals surface area contributed by atoms with Gasteiger partial charge in [-0.15, -0.1) is 0 Å². The summed E-state index contributed by atoms with van der Waals surface area (Å²) in [5, 5.41) is 13.7. The summed E-state index contributed by atoms with van der Waals surface area (Å²) < 4.78 is 23.1. The van der Waals surface area contributed by atoms with E-state index in [0.717, 1.165) is 96.3 Å². The van der Waals surface area contributed by atoms with Crippen molar-refractivity contribution in [3.8, 4) is 0 Å². The summed E-state index contributed by atoms with van der Waals surface area (Å²) in [5.41, 5.74) is 0. The van der Waals surface area contributed by atoms with Crippen LogP contribution in [0.1, 0.15) is 194 Å². The fraction of sp³-hybridized carbons (Fsp3) is 0.717. The molecule has 0 aromatic rings.